The predicted octanol–water partition coefficient (Wildman–Crippen LogP) is 3.19. The van der Waals surface area contributed by atoms with E-state index in [-0.39, 0.29) is 0 Å². The average Bonchev–Trinajstić information content (AvgIpc) is 2.76. The molecule has 0 N–H and O–H groups in total. The molecule has 1 heterocycles. The van der Waals surface area contributed by atoms with Gasteiger partial charge in [-0.2, -0.15) is 0 Å². The summed E-state index contributed by atoms with van der Waals surface area (Å²) in [7, 11) is 1.74. The third-order valence-electron chi connectivity index (χ3n) is 3.01. The van der Waals surface area contributed by atoms with Gasteiger partial charge in [-0.05, 0) is 43.1 Å². The van der Waals surface area contributed by atoms with Crippen LogP contribution in [0.25, 0.3) is 0 Å². The quantitative estimate of drug-likeness (QED) is 0.842. The molecule has 1 aromatic rings. The summed E-state index contributed by atoms with van der Waals surface area (Å²) in [5.41, 5.74) is 2.62. The van der Waals surface area contributed by atoms with Gasteiger partial charge in [0.25, 0.3) is 0 Å². The van der Waals surface area contributed by atoms with Gasteiger partial charge < -0.3 is 4.74 Å². The van der Waals surface area contributed by atoms with Crippen molar-refractivity contribution in [1.29, 1.82) is 0 Å². The molecule has 1 aliphatic heterocycles. The van der Waals surface area contributed by atoms with Crippen molar-refractivity contribution >= 4 is 15.9 Å². The van der Waals surface area contributed by atoms with Gasteiger partial charge in [0, 0.05) is 18.1 Å². The number of benzene rings is 1. The van der Waals surface area contributed by atoms with E-state index < -0.39 is 0 Å². The second kappa shape index (κ2) is 5.80. The number of hydrogen-bond donors (Lipinski definition) is 0. The molecule has 1 fully saturated rings. The molecule has 1 saturated heterocycles. The Kier molecular flexibility index (Phi) is 4.38. The number of nitrogens with zero attached hydrogens (tertiary/aromatic N) is 1. The van der Waals surface area contributed by atoms with Gasteiger partial charge in [-0.1, -0.05) is 28.1 Å². The summed E-state index contributed by atoms with van der Waals surface area (Å²) < 4.78 is 6.33. The van der Waals surface area contributed by atoms with Crippen LogP contribution in [0.15, 0.2) is 22.7 Å². The van der Waals surface area contributed by atoms with Crippen LogP contribution in [-0.2, 0) is 17.9 Å². The van der Waals surface area contributed by atoms with Gasteiger partial charge in [0.2, 0.25) is 0 Å². The Morgan fingerprint density at radius 3 is 2.75 bits per heavy atom. The molecule has 0 spiro atoms. The van der Waals surface area contributed by atoms with Gasteiger partial charge >= 0.3 is 0 Å². The first kappa shape index (κ1) is 12.1. The summed E-state index contributed by atoms with van der Waals surface area (Å²) in [6.07, 6.45) is 2.70. The minimum atomic E-state index is 0.675. The highest BCUT2D eigenvalue weighted by atomic mass is 79.9. The lowest BCUT2D eigenvalue weighted by atomic mass is 10.1. The summed E-state index contributed by atoms with van der Waals surface area (Å²) in [4.78, 5) is 2.51. The van der Waals surface area contributed by atoms with E-state index in [1.54, 1.807) is 7.11 Å². The first-order valence-corrected chi connectivity index (χ1v) is 6.57. The minimum absolute atomic E-state index is 0.675. The maximum absolute atomic E-state index is 5.19. The van der Waals surface area contributed by atoms with Crippen LogP contribution in [0.5, 0.6) is 0 Å². The van der Waals surface area contributed by atoms with E-state index in [0.717, 1.165) is 11.0 Å². The van der Waals surface area contributed by atoms with E-state index in [2.05, 4.69) is 39.0 Å². The zero-order chi connectivity index (χ0) is 11.4. The average molecular weight is 284 g/mol. The monoisotopic (exact) mass is 283 g/mol. The molecule has 0 radical (unpaired) electrons. The lowest BCUT2D eigenvalue weighted by molar-refractivity contribution is 0.184. The maximum atomic E-state index is 5.19. The summed E-state index contributed by atoms with van der Waals surface area (Å²) in [6.45, 7) is 4.24. The first-order valence-electron chi connectivity index (χ1n) is 5.78. The molecule has 0 amide bonds. The van der Waals surface area contributed by atoms with Crippen molar-refractivity contribution in [2.24, 2.45) is 0 Å². The van der Waals surface area contributed by atoms with Crippen LogP contribution in [0.4, 0.5) is 0 Å². The lowest BCUT2D eigenvalue weighted by Crippen LogP contribution is -2.18. The molecule has 2 nitrogen and oxygen atoms in total. The molecule has 0 atom stereocenters. The molecule has 1 aromatic carbocycles. The Balaban J connectivity index is 2.05. The van der Waals surface area contributed by atoms with Crippen LogP contribution in [0, 0.1) is 0 Å². The summed E-state index contributed by atoms with van der Waals surface area (Å²) >= 11 is 3.55. The van der Waals surface area contributed by atoms with Crippen molar-refractivity contribution in [3.05, 3.63) is 33.8 Å². The molecule has 0 aliphatic carbocycles. The Bertz CT molecular complexity index is 348. The van der Waals surface area contributed by atoms with E-state index in [9.17, 15) is 0 Å². The second-order valence-corrected chi connectivity index (χ2v) is 5.20. The van der Waals surface area contributed by atoms with E-state index in [1.165, 1.54) is 37.1 Å². The fourth-order valence-electron chi connectivity index (χ4n) is 2.19. The van der Waals surface area contributed by atoms with Crippen LogP contribution in [0.2, 0.25) is 0 Å². The standard InChI is InChI=1S/C13H18BrNO/c1-16-10-12-8-11(4-5-13(12)14)9-15-6-2-3-7-15/h4-5,8H,2-3,6-7,9-10H2,1H3. The number of ether oxygens (including phenoxy) is 1. The molecule has 0 aromatic heterocycles. The molecule has 88 valence electrons. The molecule has 3 heteroatoms. The van der Waals surface area contributed by atoms with E-state index in [1.807, 2.05) is 0 Å². The Labute approximate surface area is 106 Å². The van der Waals surface area contributed by atoms with Crippen LogP contribution in [0.1, 0.15) is 24.0 Å². The van der Waals surface area contributed by atoms with E-state index in [4.69, 9.17) is 4.74 Å². The largest absolute Gasteiger partial charge is 0.380 e. The Morgan fingerprint density at radius 2 is 2.06 bits per heavy atom. The SMILES string of the molecule is COCc1cc(CN2CCCC2)ccc1Br. The molecule has 1 aliphatic rings. The fourth-order valence-corrected chi connectivity index (χ4v) is 2.55. The van der Waals surface area contributed by atoms with Crippen LogP contribution in [-0.4, -0.2) is 25.1 Å². The highest BCUT2D eigenvalue weighted by molar-refractivity contribution is 9.10. The van der Waals surface area contributed by atoms with Crippen LogP contribution >= 0.6 is 15.9 Å². The molecule has 0 bridgehead atoms. The summed E-state index contributed by atoms with van der Waals surface area (Å²) in [5.74, 6) is 0. The fraction of sp³-hybridized carbons (Fsp3) is 0.538. The third-order valence-corrected chi connectivity index (χ3v) is 3.79. The van der Waals surface area contributed by atoms with Crippen molar-refractivity contribution < 1.29 is 4.74 Å². The number of likely N-dealkylation sites (tertiary alicyclic amines) is 1. The minimum Gasteiger partial charge on any atom is -0.380 e. The zero-order valence-electron chi connectivity index (χ0n) is 9.71. The van der Waals surface area contributed by atoms with Gasteiger partial charge in [0.1, 0.15) is 0 Å². The summed E-state index contributed by atoms with van der Waals surface area (Å²) in [6, 6.07) is 6.56. The van der Waals surface area contributed by atoms with Crippen LogP contribution in [0.3, 0.4) is 0 Å². The van der Waals surface area contributed by atoms with Crippen molar-refractivity contribution in [3.63, 3.8) is 0 Å². The zero-order valence-corrected chi connectivity index (χ0v) is 11.3. The van der Waals surface area contributed by atoms with E-state index in [0.29, 0.717) is 6.61 Å². The molecule has 0 saturated carbocycles. The topological polar surface area (TPSA) is 12.5 Å². The molecule has 16 heavy (non-hydrogen) atoms. The number of hydrogen-bond acceptors (Lipinski definition) is 2. The van der Waals surface area contributed by atoms with Gasteiger partial charge in [-0.25, -0.2) is 0 Å². The Hall–Kier alpha value is -0.380. The van der Waals surface area contributed by atoms with E-state index >= 15 is 0 Å². The third kappa shape index (κ3) is 3.06. The highest BCUT2D eigenvalue weighted by Gasteiger charge is 2.12. The van der Waals surface area contributed by atoms with Gasteiger partial charge in [0.05, 0.1) is 6.61 Å². The van der Waals surface area contributed by atoms with Crippen molar-refractivity contribution in [2.45, 2.75) is 26.0 Å². The van der Waals surface area contributed by atoms with Gasteiger partial charge in [-0.15, -0.1) is 0 Å². The van der Waals surface area contributed by atoms with Crippen LogP contribution < -0.4 is 0 Å². The molecular weight excluding hydrogens is 266 g/mol. The maximum Gasteiger partial charge on any atom is 0.0724 e. The van der Waals surface area contributed by atoms with Gasteiger partial charge in [-0.3, -0.25) is 4.90 Å². The first-order chi connectivity index (χ1) is 7.79. The summed E-state index contributed by atoms with van der Waals surface area (Å²) in [5, 5.41) is 0. The van der Waals surface area contributed by atoms with Gasteiger partial charge in [0.15, 0.2) is 0 Å². The Morgan fingerprint density at radius 1 is 1.31 bits per heavy atom. The highest BCUT2D eigenvalue weighted by Crippen LogP contribution is 2.21. The second-order valence-electron chi connectivity index (χ2n) is 4.34. The number of methoxy groups -OCH3 is 1. The molecular formula is C13H18BrNO. The van der Waals surface area contributed by atoms with Crippen molar-refractivity contribution in [1.82, 2.24) is 4.90 Å². The van der Waals surface area contributed by atoms with Crippen molar-refractivity contribution in [3.8, 4) is 0 Å². The normalized spacial score (nSPS) is 16.9. The predicted molar refractivity (Wildman–Crippen MR) is 69.4 cm³/mol. The number of halogens is 1. The lowest BCUT2D eigenvalue weighted by Gasteiger charge is -2.15. The molecule has 0 unspecified atom stereocenters. The smallest absolute Gasteiger partial charge is 0.0724 e. The van der Waals surface area contributed by atoms with Crippen molar-refractivity contribution in [2.75, 3.05) is 20.2 Å². The number of rotatable bonds is 4. The molecule has 2 rings (SSSR count).